The van der Waals surface area contributed by atoms with E-state index < -0.39 is 0 Å². The summed E-state index contributed by atoms with van der Waals surface area (Å²) in [5, 5.41) is 12.3. The number of nitrogens with zero attached hydrogens (tertiary/aromatic N) is 3. The zero-order valence-corrected chi connectivity index (χ0v) is 18.3. The standard InChI is InChI=1S/C25H32N4O2/c1-2-30-23-17-21(12-13-22(23)31-19-20-9-5-3-6-10-20)18-26-15-14-25-28-27-24-11-7-4-8-16-29(24)25/h3,5-6,9-10,12-13,17,26H,2,4,7-8,11,14-16,18-19H2,1H3. The highest BCUT2D eigenvalue weighted by Crippen LogP contribution is 2.29. The lowest BCUT2D eigenvalue weighted by molar-refractivity contribution is 0.269. The summed E-state index contributed by atoms with van der Waals surface area (Å²) < 4.78 is 14.2. The highest BCUT2D eigenvalue weighted by Gasteiger charge is 2.14. The first-order chi connectivity index (χ1) is 15.3. The molecular weight excluding hydrogens is 388 g/mol. The van der Waals surface area contributed by atoms with Crippen LogP contribution >= 0.6 is 0 Å². The Morgan fingerprint density at radius 3 is 2.71 bits per heavy atom. The van der Waals surface area contributed by atoms with Crippen molar-refractivity contribution < 1.29 is 9.47 Å². The van der Waals surface area contributed by atoms with Gasteiger partial charge in [-0.1, -0.05) is 42.8 Å². The minimum Gasteiger partial charge on any atom is -0.490 e. The molecule has 1 aliphatic heterocycles. The Hall–Kier alpha value is -2.86. The fourth-order valence-corrected chi connectivity index (χ4v) is 3.95. The summed E-state index contributed by atoms with van der Waals surface area (Å²) in [7, 11) is 0. The van der Waals surface area contributed by atoms with Crippen molar-refractivity contribution in [3.8, 4) is 11.5 Å². The molecule has 0 atom stereocenters. The highest BCUT2D eigenvalue weighted by atomic mass is 16.5. The first kappa shape index (κ1) is 21.4. The molecule has 2 heterocycles. The van der Waals surface area contributed by atoms with Gasteiger partial charge in [-0.15, -0.1) is 10.2 Å². The molecule has 3 aromatic rings. The fourth-order valence-electron chi connectivity index (χ4n) is 3.95. The van der Waals surface area contributed by atoms with Gasteiger partial charge >= 0.3 is 0 Å². The van der Waals surface area contributed by atoms with Crippen LogP contribution in [0, 0.1) is 0 Å². The average molecular weight is 421 g/mol. The highest BCUT2D eigenvalue weighted by molar-refractivity contribution is 5.43. The molecule has 4 rings (SSSR count). The van der Waals surface area contributed by atoms with Gasteiger partial charge in [-0.3, -0.25) is 0 Å². The molecule has 1 aromatic heterocycles. The second-order valence-electron chi connectivity index (χ2n) is 7.91. The molecule has 1 N–H and O–H groups in total. The Kier molecular flexibility index (Phi) is 7.56. The van der Waals surface area contributed by atoms with Crippen molar-refractivity contribution in [2.75, 3.05) is 13.2 Å². The number of benzene rings is 2. The fraction of sp³-hybridized carbons (Fsp3) is 0.440. The van der Waals surface area contributed by atoms with Gasteiger partial charge in [0.2, 0.25) is 0 Å². The van der Waals surface area contributed by atoms with E-state index >= 15 is 0 Å². The molecule has 2 aromatic carbocycles. The number of aromatic nitrogens is 3. The van der Waals surface area contributed by atoms with Crippen molar-refractivity contribution >= 4 is 0 Å². The molecule has 164 valence electrons. The summed E-state index contributed by atoms with van der Waals surface area (Å²) >= 11 is 0. The topological polar surface area (TPSA) is 61.2 Å². The predicted molar refractivity (Wildman–Crippen MR) is 121 cm³/mol. The molecule has 6 heteroatoms. The Morgan fingerprint density at radius 2 is 1.84 bits per heavy atom. The van der Waals surface area contributed by atoms with Crippen molar-refractivity contribution in [3.05, 3.63) is 71.3 Å². The van der Waals surface area contributed by atoms with Gasteiger partial charge in [0, 0.05) is 32.5 Å². The summed E-state index contributed by atoms with van der Waals surface area (Å²) in [4.78, 5) is 0. The van der Waals surface area contributed by atoms with Gasteiger partial charge in [-0.25, -0.2) is 0 Å². The van der Waals surface area contributed by atoms with Gasteiger partial charge in [-0.2, -0.15) is 0 Å². The number of hydrogen-bond acceptors (Lipinski definition) is 5. The minimum atomic E-state index is 0.529. The molecule has 0 aliphatic carbocycles. The molecule has 0 saturated heterocycles. The zero-order valence-electron chi connectivity index (χ0n) is 18.3. The Bertz CT molecular complexity index is 955. The predicted octanol–water partition coefficient (Wildman–Crippen LogP) is 4.31. The Balaban J connectivity index is 1.30. The summed E-state index contributed by atoms with van der Waals surface area (Å²) in [6, 6.07) is 16.3. The number of aryl methyl sites for hydroxylation is 1. The van der Waals surface area contributed by atoms with Crippen LogP contribution in [0.25, 0.3) is 0 Å². The van der Waals surface area contributed by atoms with E-state index in [0.29, 0.717) is 13.2 Å². The lowest BCUT2D eigenvalue weighted by atomic mass is 10.2. The maximum Gasteiger partial charge on any atom is 0.161 e. The molecule has 1 aliphatic rings. The van der Waals surface area contributed by atoms with E-state index in [2.05, 4.69) is 44.3 Å². The van der Waals surface area contributed by atoms with Crippen molar-refractivity contribution in [1.82, 2.24) is 20.1 Å². The van der Waals surface area contributed by atoms with E-state index in [1.54, 1.807) is 0 Å². The maximum atomic E-state index is 6.01. The summed E-state index contributed by atoms with van der Waals surface area (Å²) in [5.74, 6) is 3.82. The first-order valence-electron chi connectivity index (χ1n) is 11.4. The van der Waals surface area contributed by atoms with Crippen LogP contribution in [0.5, 0.6) is 11.5 Å². The molecule has 0 amide bonds. The van der Waals surface area contributed by atoms with Crippen molar-refractivity contribution in [3.63, 3.8) is 0 Å². The van der Waals surface area contributed by atoms with Gasteiger partial charge < -0.3 is 19.4 Å². The maximum absolute atomic E-state index is 6.01. The summed E-state index contributed by atoms with van der Waals surface area (Å²) in [5.41, 5.74) is 2.32. The van der Waals surface area contributed by atoms with E-state index in [9.17, 15) is 0 Å². The first-order valence-corrected chi connectivity index (χ1v) is 11.4. The quantitative estimate of drug-likeness (QED) is 0.495. The van der Waals surface area contributed by atoms with Gasteiger partial charge in [0.25, 0.3) is 0 Å². The van der Waals surface area contributed by atoms with E-state index in [1.165, 1.54) is 24.8 Å². The molecule has 0 saturated carbocycles. The van der Waals surface area contributed by atoms with E-state index in [-0.39, 0.29) is 0 Å². The van der Waals surface area contributed by atoms with Crippen molar-refractivity contribution in [1.29, 1.82) is 0 Å². The lowest BCUT2D eigenvalue weighted by Crippen LogP contribution is -2.19. The number of nitrogens with one attached hydrogen (secondary N) is 1. The number of ether oxygens (including phenoxy) is 2. The Labute approximate surface area is 184 Å². The molecule has 31 heavy (non-hydrogen) atoms. The molecular formula is C25H32N4O2. The van der Waals surface area contributed by atoms with E-state index in [4.69, 9.17) is 9.47 Å². The van der Waals surface area contributed by atoms with Gasteiger partial charge in [-0.05, 0) is 43.0 Å². The zero-order chi connectivity index (χ0) is 21.3. The van der Waals surface area contributed by atoms with Crippen LogP contribution in [-0.4, -0.2) is 27.9 Å². The van der Waals surface area contributed by atoms with Gasteiger partial charge in [0.05, 0.1) is 6.61 Å². The third kappa shape index (κ3) is 5.85. The number of rotatable bonds is 10. The summed E-state index contributed by atoms with van der Waals surface area (Å²) in [6.07, 6.45) is 5.69. The monoisotopic (exact) mass is 420 g/mol. The minimum absolute atomic E-state index is 0.529. The second kappa shape index (κ2) is 11.0. The van der Waals surface area contributed by atoms with Crippen LogP contribution in [0.4, 0.5) is 0 Å². The van der Waals surface area contributed by atoms with Crippen molar-refractivity contribution in [2.24, 2.45) is 0 Å². The third-order valence-corrected chi connectivity index (χ3v) is 5.59. The normalized spacial score (nSPS) is 13.5. The van der Waals surface area contributed by atoms with Gasteiger partial charge in [0.1, 0.15) is 18.3 Å². The van der Waals surface area contributed by atoms with E-state index in [0.717, 1.165) is 61.2 Å². The van der Waals surface area contributed by atoms with Crippen LogP contribution in [0.3, 0.4) is 0 Å². The molecule has 0 unspecified atom stereocenters. The average Bonchev–Trinajstić information content (AvgIpc) is 3.02. The van der Waals surface area contributed by atoms with Crippen LogP contribution in [0.15, 0.2) is 48.5 Å². The van der Waals surface area contributed by atoms with Crippen LogP contribution in [-0.2, 0) is 32.5 Å². The van der Waals surface area contributed by atoms with Crippen molar-refractivity contribution in [2.45, 2.75) is 58.7 Å². The lowest BCUT2D eigenvalue weighted by Gasteiger charge is -2.14. The van der Waals surface area contributed by atoms with Gasteiger partial charge in [0.15, 0.2) is 11.5 Å². The smallest absolute Gasteiger partial charge is 0.161 e. The number of fused-ring (bicyclic) bond motifs is 1. The van der Waals surface area contributed by atoms with E-state index in [1.807, 2.05) is 31.2 Å². The molecule has 6 nitrogen and oxygen atoms in total. The SMILES string of the molecule is CCOc1cc(CNCCc2nnc3n2CCCCC3)ccc1OCc1ccccc1. The molecule has 0 radical (unpaired) electrons. The third-order valence-electron chi connectivity index (χ3n) is 5.59. The largest absolute Gasteiger partial charge is 0.490 e. The molecule has 0 fully saturated rings. The van der Waals surface area contributed by atoms with Crippen LogP contribution in [0.1, 0.15) is 49.0 Å². The summed E-state index contributed by atoms with van der Waals surface area (Å²) in [6.45, 7) is 5.83. The van der Waals surface area contributed by atoms with Crippen LogP contribution in [0.2, 0.25) is 0 Å². The second-order valence-corrected chi connectivity index (χ2v) is 7.91. The number of hydrogen-bond donors (Lipinski definition) is 1. The molecule has 0 bridgehead atoms. The Morgan fingerprint density at radius 1 is 0.935 bits per heavy atom. The molecule has 0 spiro atoms. The van der Waals surface area contributed by atoms with Crippen LogP contribution < -0.4 is 14.8 Å².